The predicted octanol–water partition coefficient (Wildman–Crippen LogP) is 2.15. The average Bonchev–Trinajstić information content (AvgIpc) is 2.24. The van der Waals surface area contributed by atoms with Crippen LogP contribution in [-0.2, 0) is 16.3 Å². The highest BCUT2D eigenvalue weighted by Gasteiger charge is 2.06. The molecule has 108 valence electrons. The molecule has 0 heterocycles. The Bertz CT molecular complexity index is 515. The molecule has 1 atom stereocenters. The van der Waals surface area contributed by atoms with E-state index >= 15 is 0 Å². The number of hydrogen-bond acceptors (Lipinski definition) is 4. The summed E-state index contributed by atoms with van der Waals surface area (Å²) in [6, 6.07) is 5.95. The van der Waals surface area contributed by atoms with Crippen LogP contribution in [0.15, 0.2) is 22.7 Å². The summed E-state index contributed by atoms with van der Waals surface area (Å²) in [5, 5.41) is 0. The van der Waals surface area contributed by atoms with Gasteiger partial charge in [0.25, 0.3) is 0 Å². The molecule has 2 N–H and O–H groups in total. The van der Waals surface area contributed by atoms with Crippen molar-refractivity contribution < 1.29 is 13.2 Å². The molecule has 6 heteroatoms. The van der Waals surface area contributed by atoms with E-state index in [1.165, 1.54) is 6.26 Å². The Morgan fingerprint density at radius 1 is 1.42 bits per heavy atom. The van der Waals surface area contributed by atoms with Gasteiger partial charge in [-0.2, -0.15) is 0 Å². The molecule has 1 rings (SSSR count). The van der Waals surface area contributed by atoms with Gasteiger partial charge in [0.15, 0.2) is 0 Å². The number of rotatable bonds is 7. The first-order chi connectivity index (χ1) is 8.78. The van der Waals surface area contributed by atoms with Crippen molar-refractivity contribution in [2.24, 2.45) is 5.73 Å². The summed E-state index contributed by atoms with van der Waals surface area (Å²) < 4.78 is 28.4. The summed E-state index contributed by atoms with van der Waals surface area (Å²) >= 11 is 3.44. The molecular weight excluding hydrogens is 330 g/mol. The van der Waals surface area contributed by atoms with Crippen LogP contribution in [0, 0.1) is 0 Å². The van der Waals surface area contributed by atoms with Crippen LogP contribution in [0.1, 0.15) is 18.9 Å². The van der Waals surface area contributed by atoms with E-state index in [2.05, 4.69) is 15.9 Å². The first kappa shape index (κ1) is 16.5. The maximum atomic E-state index is 11.0. The third-order valence-corrected chi connectivity index (χ3v) is 4.12. The average molecular weight is 350 g/mol. The van der Waals surface area contributed by atoms with E-state index in [1.54, 1.807) is 0 Å². The second kappa shape index (κ2) is 7.26. The lowest BCUT2D eigenvalue weighted by Crippen LogP contribution is -2.17. The van der Waals surface area contributed by atoms with Gasteiger partial charge in [-0.05, 0) is 53.4 Å². The van der Waals surface area contributed by atoms with Crippen LogP contribution in [0.5, 0.6) is 5.75 Å². The van der Waals surface area contributed by atoms with Crippen LogP contribution in [0.3, 0.4) is 0 Å². The minimum atomic E-state index is -2.91. The van der Waals surface area contributed by atoms with E-state index in [9.17, 15) is 8.42 Å². The molecule has 0 spiro atoms. The molecule has 0 fully saturated rings. The SMILES string of the molecule is CC(N)Cc1ccc(OCCCS(C)(=O)=O)c(Br)c1. The molecule has 0 saturated heterocycles. The summed E-state index contributed by atoms with van der Waals surface area (Å²) in [6.45, 7) is 2.35. The molecule has 0 bridgehead atoms. The monoisotopic (exact) mass is 349 g/mol. The van der Waals surface area contributed by atoms with E-state index in [4.69, 9.17) is 10.5 Å². The predicted molar refractivity (Wildman–Crippen MR) is 81.3 cm³/mol. The molecule has 0 aliphatic heterocycles. The largest absolute Gasteiger partial charge is 0.492 e. The quantitative estimate of drug-likeness (QED) is 0.765. The summed E-state index contributed by atoms with van der Waals surface area (Å²) in [6.07, 6.45) is 2.53. The Kier molecular flexibility index (Phi) is 6.29. The normalized spacial score (nSPS) is 13.3. The van der Waals surface area contributed by atoms with Crippen LogP contribution < -0.4 is 10.5 Å². The van der Waals surface area contributed by atoms with Crippen LogP contribution in [0.2, 0.25) is 0 Å². The van der Waals surface area contributed by atoms with Crippen LogP contribution in [0.25, 0.3) is 0 Å². The van der Waals surface area contributed by atoms with Crippen LogP contribution >= 0.6 is 15.9 Å². The molecule has 0 aliphatic rings. The summed E-state index contributed by atoms with van der Waals surface area (Å²) in [4.78, 5) is 0. The van der Waals surface area contributed by atoms with Crippen LogP contribution in [-0.4, -0.2) is 33.1 Å². The summed E-state index contributed by atoms with van der Waals surface area (Å²) in [5.41, 5.74) is 6.89. The minimum Gasteiger partial charge on any atom is -0.492 e. The number of nitrogens with two attached hydrogens (primary N) is 1. The van der Waals surface area contributed by atoms with Gasteiger partial charge in [0.1, 0.15) is 15.6 Å². The Morgan fingerprint density at radius 3 is 2.63 bits per heavy atom. The lowest BCUT2D eigenvalue weighted by molar-refractivity contribution is 0.315. The van der Waals surface area contributed by atoms with Crippen molar-refractivity contribution in [1.29, 1.82) is 0 Å². The van der Waals surface area contributed by atoms with Gasteiger partial charge in [-0.3, -0.25) is 0 Å². The zero-order valence-electron chi connectivity index (χ0n) is 11.2. The number of sulfone groups is 1. The number of hydrogen-bond donors (Lipinski definition) is 1. The fraction of sp³-hybridized carbons (Fsp3) is 0.538. The van der Waals surface area contributed by atoms with Gasteiger partial charge in [0, 0.05) is 12.3 Å². The molecule has 19 heavy (non-hydrogen) atoms. The smallest absolute Gasteiger partial charge is 0.147 e. The van der Waals surface area contributed by atoms with E-state index in [0.29, 0.717) is 13.0 Å². The fourth-order valence-electron chi connectivity index (χ4n) is 1.66. The van der Waals surface area contributed by atoms with Crippen molar-refractivity contribution in [1.82, 2.24) is 0 Å². The standard InChI is InChI=1S/C13H20BrNO3S/c1-10(15)8-11-4-5-13(12(14)9-11)18-6-3-7-19(2,16)17/h4-5,9-10H,3,6-8,15H2,1-2H3. The molecule has 1 aromatic carbocycles. The topological polar surface area (TPSA) is 69.4 Å². The van der Waals surface area contributed by atoms with Crippen molar-refractivity contribution in [2.45, 2.75) is 25.8 Å². The molecule has 0 aromatic heterocycles. The Balaban J connectivity index is 2.51. The lowest BCUT2D eigenvalue weighted by atomic mass is 10.1. The second-order valence-corrected chi connectivity index (χ2v) is 7.89. The first-order valence-electron chi connectivity index (χ1n) is 6.12. The lowest BCUT2D eigenvalue weighted by Gasteiger charge is -2.10. The third-order valence-electron chi connectivity index (χ3n) is 2.47. The molecule has 0 amide bonds. The molecule has 4 nitrogen and oxygen atoms in total. The van der Waals surface area contributed by atoms with Gasteiger partial charge in [0.2, 0.25) is 0 Å². The number of halogens is 1. The van der Waals surface area contributed by atoms with Gasteiger partial charge in [-0.25, -0.2) is 8.42 Å². The second-order valence-electron chi connectivity index (χ2n) is 4.78. The van der Waals surface area contributed by atoms with Gasteiger partial charge < -0.3 is 10.5 Å². The van der Waals surface area contributed by atoms with Gasteiger partial charge in [-0.15, -0.1) is 0 Å². The minimum absolute atomic E-state index is 0.119. The van der Waals surface area contributed by atoms with Crippen molar-refractivity contribution in [3.8, 4) is 5.75 Å². The van der Waals surface area contributed by atoms with Crippen molar-refractivity contribution in [2.75, 3.05) is 18.6 Å². The molecule has 0 aliphatic carbocycles. The molecule has 0 saturated carbocycles. The molecule has 1 aromatic rings. The van der Waals surface area contributed by atoms with E-state index < -0.39 is 9.84 Å². The van der Waals surface area contributed by atoms with Crippen LogP contribution in [0.4, 0.5) is 0 Å². The van der Waals surface area contributed by atoms with Gasteiger partial charge >= 0.3 is 0 Å². The third kappa shape index (κ3) is 6.94. The van der Waals surface area contributed by atoms with Gasteiger partial charge in [-0.1, -0.05) is 6.07 Å². The Hall–Kier alpha value is -0.590. The molecule has 0 radical (unpaired) electrons. The zero-order chi connectivity index (χ0) is 14.5. The van der Waals surface area contributed by atoms with Gasteiger partial charge in [0.05, 0.1) is 16.8 Å². The fourth-order valence-corrected chi connectivity index (χ4v) is 2.85. The first-order valence-corrected chi connectivity index (χ1v) is 8.98. The summed E-state index contributed by atoms with van der Waals surface area (Å²) in [5.74, 6) is 0.870. The van der Waals surface area contributed by atoms with E-state index in [-0.39, 0.29) is 11.8 Å². The Morgan fingerprint density at radius 2 is 2.11 bits per heavy atom. The maximum Gasteiger partial charge on any atom is 0.147 e. The van der Waals surface area contributed by atoms with E-state index in [0.717, 1.165) is 22.2 Å². The van der Waals surface area contributed by atoms with E-state index in [1.807, 2.05) is 25.1 Å². The Labute approximate surface area is 123 Å². The van der Waals surface area contributed by atoms with Crippen molar-refractivity contribution in [3.63, 3.8) is 0 Å². The van der Waals surface area contributed by atoms with Crippen molar-refractivity contribution in [3.05, 3.63) is 28.2 Å². The highest BCUT2D eigenvalue weighted by molar-refractivity contribution is 9.10. The molecule has 1 unspecified atom stereocenters. The zero-order valence-corrected chi connectivity index (χ0v) is 13.6. The number of ether oxygens (including phenoxy) is 1. The highest BCUT2D eigenvalue weighted by atomic mass is 79.9. The molecular formula is C13H20BrNO3S. The van der Waals surface area contributed by atoms with Crippen molar-refractivity contribution >= 4 is 25.8 Å². The maximum absolute atomic E-state index is 11.0. The highest BCUT2D eigenvalue weighted by Crippen LogP contribution is 2.26. The summed E-state index contributed by atoms with van der Waals surface area (Å²) in [7, 11) is -2.91. The number of benzene rings is 1.